The van der Waals surface area contributed by atoms with Crippen LogP contribution in [0.5, 0.6) is 0 Å². The van der Waals surface area contributed by atoms with E-state index in [1.54, 1.807) is 0 Å². The topological polar surface area (TPSA) is 164 Å². The molecule has 1 aromatic carbocycles. The normalized spacial score (nSPS) is 16.5. The zero-order valence-corrected chi connectivity index (χ0v) is 23.3. The summed E-state index contributed by atoms with van der Waals surface area (Å²) in [6.45, 7) is 4.45. The number of nitrogens with one attached hydrogen (secondary N) is 1. The molecular weight excluding hydrogens is 602 g/mol. The first-order valence-electron chi connectivity index (χ1n) is 13.2. The van der Waals surface area contributed by atoms with Gasteiger partial charge in [0.05, 0.1) is 0 Å². The Balaban J connectivity index is 0.000000402. The average molecular weight is 635 g/mol. The number of carboxylic acid groups (broad SMARTS) is 2. The van der Waals surface area contributed by atoms with E-state index in [1.807, 2.05) is 41.6 Å². The first-order chi connectivity index (χ1) is 20.5. The van der Waals surface area contributed by atoms with Crippen LogP contribution in [-0.2, 0) is 16.1 Å². The molecule has 2 aliphatic heterocycles. The maximum absolute atomic E-state index is 13.4. The number of carbonyl (C=O) groups is 3. The van der Waals surface area contributed by atoms with Crippen molar-refractivity contribution in [3.05, 3.63) is 59.9 Å². The molecule has 242 valence electrons. The van der Waals surface area contributed by atoms with Gasteiger partial charge in [0, 0.05) is 62.4 Å². The summed E-state index contributed by atoms with van der Waals surface area (Å²) >= 11 is 0. The van der Waals surface area contributed by atoms with Crippen LogP contribution in [0.4, 0.5) is 36.8 Å². The number of hydrogen-bond acceptors (Lipinski definition) is 6. The highest BCUT2D eigenvalue weighted by atomic mass is 19.4. The number of aliphatic carboxylic acids is 2. The molecule has 2 aliphatic rings. The lowest BCUT2D eigenvalue weighted by Gasteiger charge is -2.39. The molecule has 17 heteroatoms. The van der Waals surface area contributed by atoms with Crippen LogP contribution in [0.3, 0.4) is 0 Å². The van der Waals surface area contributed by atoms with Crippen LogP contribution < -0.4 is 10.6 Å². The van der Waals surface area contributed by atoms with Crippen molar-refractivity contribution in [3.8, 4) is 0 Å². The Bertz CT molecular complexity index is 1250. The number of likely N-dealkylation sites (tertiary alicyclic amines) is 1. The van der Waals surface area contributed by atoms with Crippen LogP contribution in [0, 0.1) is 5.41 Å². The van der Waals surface area contributed by atoms with Crippen molar-refractivity contribution < 1.29 is 50.9 Å². The van der Waals surface area contributed by atoms with E-state index in [2.05, 4.69) is 26.9 Å². The number of nitrogen functional groups attached to an aromatic ring is 1. The minimum Gasteiger partial charge on any atom is -0.475 e. The highest BCUT2D eigenvalue weighted by molar-refractivity contribution is 5.98. The Morgan fingerprint density at radius 2 is 1.43 bits per heavy atom. The van der Waals surface area contributed by atoms with E-state index in [4.69, 9.17) is 30.9 Å². The summed E-state index contributed by atoms with van der Waals surface area (Å²) in [5, 5.41) is 21.9. The number of halogens is 6. The maximum atomic E-state index is 13.4. The highest BCUT2D eigenvalue weighted by Gasteiger charge is 2.39. The van der Waals surface area contributed by atoms with Gasteiger partial charge >= 0.3 is 30.3 Å². The fourth-order valence-corrected chi connectivity index (χ4v) is 4.45. The largest absolute Gasteiger partial charge is 0.490 e. The quantitative estimate of drug-likeness (QED) is 0.215. The number of benzene rings is 1. The van der Waals surface area contributed by atoms with Crippen molar-refractivity contribution in [2.24, 2.45) is 5.73 Å². The van der Waals surface area contributed by atoms with Crippen molar-refractivity contribution >= 4 is 29.5 Å². The molecule has 0 unspecified atom stereocenters. The summed E-state index contributed by atoms with van der Waals surface area (Å²) in [7, 11) is 0. The first kappa shape index (κ1) is 35.8. The van der Waals surface area contributed by atoms with Gasteiger partial charge < -0.3 is 20.8 Å². The Kier molecular flexibility index (Phi) is 12.9. The maximum Gasteiger partial charge on any atom is 0.490 e. The minimum absolute atomic E-state index is 0.0255. The van der Waals surface area contributed by atoms with Gasteiger partial charge in [0.2, 0.25) is 0 Å². The molecule has 5 N–H and O–H groups in total. The van der Waals surface area contributed by atoms with Crippen LogP contribution in [0.15, 0.2) is 48.8 Å². The molecule has 2 fully saturated rings. The smallest absolute Gasteiger partial charge is 0.475 e. The van der Waals surface area contributed by atoms with E-state index < -0.39 is 24.3 Å². The second-order valence-corrected chi connectivity index (χ2v) is 9.77. The third-order valence-electron chi connectivity index (χ3n) is 6.61. The monoisotopic (exact) mass is 634 g/mol. The van der Waals surface area contributed by atoms with E-state index in [-0.39, 0.29) is 17.9 Å². The third kappa shape index (κ3) is 11.3. The predicted molar refractivity (Wildman–Crippen MR) is 146 cm³/mol. The lowest BCUT2D eigenvalue weighted by molar-refractivity contribution is -0.193. The SMILES string of the molecule is N=C(N)c1cccc(N2CCCCN(C3CCN(Cc4ccncc4)CC3)C2=O)c1.O=C(O)C(F)(F)F.O=C(O)C(F)(F)F. The summed E-state index contributed by atoms with van der Waals surface area (Å²) in [6.07, 6.45) is -2.49. The molecule has 0 saturated carbocycles. The number of rotatable bonds is 5. The summed E-state index contributed by atoms with van der Waals surface area (Å²) in [5.74, 6) is -5.49. The van der Waals surface area contributed by atoms with Crippen LogP contribution >= 0.6 is 0 Å². The molecule has 1 aromatic heterocycles. The van der Waals surface area contributed by atoms with E-state index >= 15 is 0 Å². The van der Waals surface area contributed by atoms with Gasteiger partial charge in [-0.2, -0.15) is 26.3 Å². The number of aromatic nitrogens is 1. The lowest BCUT2D eigenvalue weighted by atomic mass is 10.0. The van der Waals surface area contributed by atoms with Gasteiger partial charge in [-0.25, -0.2) is 14.4 Å². The second kappa shape index (κ2) is 15.9. The number of pyridine rings is 1. The summed E-state index contributed by atoms with van der Waals surface area (Å²) in [4.78, 5) is 41.7. The summed E-state index contributed by atoms with van der Waals surface area (Å²) in [5.41, 5.74) is 8.42. The van der Waals surface area contributed by atoms with Crippen molar-refractivity contribution in [1.82, 2.24) is 14.8 Å². The standard InChI is InChI=1S/C23H30N6O.2C2HF3O2/c24-22(25)19-4-3-5-21(16-19)29-13-2-1-12-28(23(29)30)20-8-14-27(15-9-20)17-18-6-10-26-11-7-18;2*3-2(4,5)1(6)7/h3-7,10-11,16,20H,1-2,8-9,12-15,17H2,(H3,24,25);2*(H,6,7). The van der Waals surface area contributed by atoms with Gasteiger partial charge in [-0.05, 0) is 55.5 Å². The van der Waals surface area contributed by atoms with Crippen LogP contribution in [0.2, 0.25) is 0 Å². The number of nitrogens with zero attached hydrogens (tertiary/aromatic N) is 4. The first-order valence-corrected chi connectivity index (χ1v) is 13.2. The molecule has 0 spiro atoms. The molecule has 2 saturated heterocycles. The zero-order chi connectivity index (χ0) is 33.1. The number of anilines is 1. The van der Waals surface area contributed by atoms with Crippen LogP contribution in [0.25, 0.3) is 0 Å². The third-order valence-corrected chi connectivity index (χ3v) is 6.61. The van der Waals surface area contributed by atoms with E-state index in [0.29, 0.717) is 12.1 Å². The number of hydrogen-bond donors (Lipinski definition) is 4. The second-order valence-electron chi connectivity index (χ2n) is 9.77. The number of piperidine rings is 1. The number of nitrogens with two attached hydrogens (primary N) is 1. The van der Waals surface area contributed by atoms with Gasteiger partial charge in [0.15, 0.2) is 0 Å². The summed E-state index contributed by atoms with van der Waals surface area (Å²) < 4.78 is 63.5. The molecule has 0 radical (unpaired) electrons. The van der Waals surface area contributed by atoms with E-state index in [1.165, 1.54) is 5.56 Å². The molecule has 2 aromatic rings. The Labute approximate surface area is 248 Å². The lowest BCUT2D eigenvalue weighted by Crippen LogP contribution is -2.51. The molecule has 0 bridgehead atoms. The van der Waals surface area contributed by atoms with Crippen molar-refractivity contribution in [3.63, 3.8) is 0 Å². The fraction of sp³-hybridized carbons (Fsp3) is 0.444. The van der Waals surface area contributed by atoms with Gasteiger partial charge in [0.1, 0.15) is 5.84 Å². The Hall–Kier alpha value is -4.41. The van der Waals surface area contributed by atoms with Crippen molar-refractivity contribution in [2.45, 2.75) is 50.6 Å². The molecule has 44 heavy (non-hydrogen) atoms. The Morgan fingerprint density at radius 3 is 1.93 bits per heavy atom. The molecular formula is C27H32F6N6O5. The van der Waals surface area contributed by atoms with Gasteiger partial charge in [-0.15, -0.1) is 0 Å². The Morgan fingerprint density at radius 1 is 0.909 bits per heavy atom. The number of carbonyl (C=O) groups excluding carboxylic acids is 1. The number of carboxylic acids is 2. The number of alkyl halides is 6. The summed E-state index contributed by atoms with van der Waals surface area (Å²) in [6, 6.07) is 12.0. The number of urea groups is 1. The van der Waals surface area contributed by atoms with Gasteiger partial charge in [-0.3, -0.25) is 20.2 Å². The minimum atomic E-state index is -5.08. The van der Waals surface area contributed by atoms with Crippen molar-refractivity contribution in [2.75, 3.05) is 31.1 Å². The number of amides is 2. The van der Waals surface area contributed by atoms with Crippen LogP contribution in [0.1, 0.15) is 36.8 Å². The predicted octanol–water partition coefficient (Wildman–Crippen LogP) is 4.32. The molecule has 4 rings (SSSR count). The van der Waals surface area contributed by atoms with Crippen LogP contribution in [-0.4, -0.2) is 93.4 Å². The molecule has 0 atom stereocenters. The van der Waals surface area contributed by atoms with Crippen molar-refractivity contribution in [1.29, 1.82) is 5.41 Å². The molecule has 11 nitrogen and oxygen atoms in total. The van der Waals surface area contributed by atoms with E-state index in [0.717, 1.165) is 57.5 Å². The van der Waals surface area contributed by atoms with Gasteiger partial charge in [0.25, 0.3) is 0 Å². The molecule has 0 aliphatic carbocycles. The van der Waals surface area contributed by atoms with E-state index in [9.17, 15) is 31.1 Å². The molecule has 2 amide bonds. The van der Waals surface area contributed by atoms with Gasteiger partial charge in [-0.1, -0.05) is 12.1 Å². The average Bonchev–Trinajstić information content (AvgIpc) is 3.15. The number of amidine groups is 1. The molecule has 3 heterocycles. The zero-order valence-electron chi connectivity index (χ0n) is 23.3. The highest BCUT2D eigenvalue weighted by Crippen LogP contribution is 2.26. The fourth-order valence-electron chi connectivity index (χ4n) is 4.45.